The van der Waals surface area contributed by atoms with Crippen molar-refractivity contribution >= 4 is 11.8 Å². The number of nitrogens with zero attached hydrogens (tertiary/aromatic N) is 3. The van der Waals surface area contributed by atoms with Crippen LogP contribution in [0.4, 0.5) is 23.7 Å². The van der Waals surface area contributed by atoms with Crippen LogP contribution in [0, 0.1) is 10.1 Å². The van der Waals surface area contributed by atoms with Crippen LogP contribution in [-0.2, 0) is 10.9 Å². The molecule has 0 bridgehead atoms. The summed E-state index contributed by atoms with van der Waals surface area (Å²) in [7, 11) is 0. The molecule has 1 atom stereocenters. The smallest absolute Gasteiger partial charge is 0.410 e. The Morgan fingerprint density at radius 3 is 2.47 bits per heavy atom. The summed E-state index contributed by atoms with van der Waals surface area (Å²) in [6.45, 7) is 1.42. The maximum Gasteiger partial charge on any atom is 0.417 e. The molecule has 2 fully saturated rings. The number of alkyl halides is 3. The number of hydrogen-bond donors (Lipinski definition) is 0. The van der Waals surface area contributed by atoms with Gasteiger partial charge in [-0.25, -0.2) is 4.79 Å². The minimum absolute atomic E-state index is 0.0844. The van der Waals surface area contributed by atoms with Crippen LogP contribution in [0.5, 0.6) is 5.75 Å². The first-order chi connectivity index (χ1) is 18.1. The molecule has 0 aliphatic carbocycles. The number of amides is 1. The number of rotatable bonds is 4. The normalized spacial score (nSPS) is 18.9. The summed E-state index contributed by atoms with van der Waals surface area (Å²) < 4.78 is 50.2. The summed E-state index contributed by atoms with van der Waals surface area (Å²) in [5.74, 6) is 0.350. The zero-order valence-corrected chi connectivity index (χ0v) is 20.2. The first kappa shape index (κ1) is 25.7. The number of non-ortho nitro benzene ring substituents is 1. The van der Waals surface area contributed by atoms with Crippen molar-refractivity contribution in [3.05, 3.63) is 88.1 Å². The van der Waals surface area contributed by atoms with Gasteiger partial charge in [-0.3, -0.25) is 15.1 Å². The van der Waals surface area contributed by atoms with Crippen LogP contribution >= 0.6 is 0 Å². The lowest BCUT2D eigenvalue weighted by molar-refractivity contribution is -0.384. The molecule has 0 N–H and O–H groups in total. The second kappa shape index (κ2) is 10.1. The monoisotopic (exact) mass is 527 g/mol. The number of ether oxygens (including phenoxy) is 2. The summed E-state index contributed by atoms with van der Waals surface area (Å²) in [6.07, 6.45) is -2.06. The van der Waals surface area contributed by atoms with Crippen LogP contribution in [0.3, 0.4) is 0 Å². The molecule has 2 aliphatic heterocycles. The number of nitro benzene ring substituents is 1. The number of carbonyl (C=O) groups excluding carboxylic acids is 1. The fourth-order valence-electron chi connectivity index (χ4n) is 4.99. The Morgan fingerprint density at radius 1 is 1.11 bits per heavy atom. The Labute approximate surface area is 216 Å². The first-order valence-corrected chi connectivity index (χ1v) is 12.1. The van der Waals surface area contributed by atoms with E-state index in [-0.39, 0.29) is 23.0 Å². The minimum Gasteiger partial charge on any atom is -0.410 e. The van der Waals surface area contributed by atoms with Crippen molar-refractivity contribution in [2.24, 2.45) is 0 Å². The van der Waals surface area contributed by atoms with Crippen molar-refractivity contribution in [2.75, 3.05) is 19.7 Å². The van der Waals surface area contributed by atoms with E-state index in [0.717, 1.165) is 29.8 Å². The highest BCUT2D eigenvalue weighted by Crippen LogP contribution is 2.43. The molecular weight excluding hydrogens is 503 g/mol. The number of pyridine rings is 1. The highest BCUT2D eigenvalue weighted by molar-refractivity contribution is 5.71. The standard InChI is InChI=1S/C27H24F3N3O5/c28-27(29,30)21-4-9-24(31-16-21)19-3-1-2-18(14-19)20-15-26(37-17-20)10-12-32(13-11-26)25(34)38-23-7-5-22(6-8-23)33(35)36/h1-9,14,16,20H,10-13,15,17H2/t20-/m0/s1. The Bertz CT molecular complexity index is 1320. The van der Waals surface area contributed by atoms with Crippen molar-refractivity contribution in [2.45, 2.75) is 37.0 Å². The average Bonchev–Trinajstić information content (AvgIpc) is 3.32. The van der Waals surface area contributed by atoms with Gasteiger partial charge in [0.05, 0.1) is 28.4 Å². The van der Waals surface area contributed by atoms with Crippen molar-refractivity contribution in [1.82, 2.24) is 9.88 Å². The summed E-state index contributed by atoms with van der Waals surface area (Å²) in [4.78, 5) is 28.4. The zero-order valence-electron chi connectivity index (χ0n) is 20.2. The quantitative estimate of drug-likeness (QED) is 0.296. The highest BCUT2D eigenvalue weighted by atomic mass is 19.4. The molecule has 0 unspecified atom stereocenters. The molecule has 2 saturated heterocycles. The van der Waals surface area contributed by atoms with E-state index < -0.39 is 22.8 Å². The van der Waals surface area contributed by atoms with E-state index in [9.17, 15) is 28.1 Å². The summed E-state index contributed by atoms with van der Waals surface area (Å²) in [5.41, 5.74) is 0.998. The van der Waals surface area contributed by atoms with E-state index in [4.69, 9.17) is 9.47 Å². The van der Waals surface area contributed by atoms with Gasteiger partial charge in [-0.1, -0.05) is 18.2 Å². The third kappa shape index (κ3) is 5.47. The molecule has 2 aromatic carbocycles. The topological polar surface area (TPSA) is 94.8 Å². The summed E-state index contributed by atoms with van der Waals surface area (Å²) in [6, 6.07) is 15.4. The predicted octanol–water partition coefficient (Wildman–Crippen LogP) is 6.21. The zero-order chi connectivity index (χ0) is 26.9. The number of carbonyl (C=O) groups is 1. The van der Waals surface area contributed by atoms with E-state index in [1.54, 1.807) is 4.90 Å². The molecule has 3 heterocycles. The molecular formula is C27H24F3N3O5. The van der Waals surface area contributed by atoms with Gasteiger partial charge in [0.1, 0.15) is 5.75 Å². The van der Waals surface area contributed by atoms with Crippen LogP contribution in [0.2, 0.25) is 0 Å². The number of nitro groups is 1. The van der Waals surface area contributed by atoms with Crippen molar-refractivity contribution in [1.29, 1.82) is 0 Å². The second-order valence-electron chi connectivity index (χ2n) is 9.56. The van der Waals surface area contributed by atoms with E-state index in [2.05, 4.69) is 4.98 Å². The molecule has 2 aliphatic rings. The van der Waals surface area contributed by atoms with Crippen molar-refractivity contribution in [3.63, 3.8) is 0 Å². The Morgan fingerprint density at radius 2 is 1.84 bits per heavy atom. The van der Waals surface area contributed by atoms with Gasteiger partial charge in [-0.05, 0) is 55.2 Å². The predicted molar refractivity (Wildman–Crippen MR) is 131 cm³/mol. The number of piperidine rings is 1. The van der Waals surface area contributed by atoms with E-state index in [0.29, 0.717) is 38.2 Å². The van der Waals surface area contributed by atoms with Gasteiger partial charge in [0.2, 0.25) is 0 Å². The molecule has 0 saturated carbocycles. The second-order valence-corrected chi connectivity index (χ2v) is 9.56. The van der Waals surface area contributed by atoms with Gasteiger partial charge in [0.15, 0.2) is 0 Å². The number of hydrogen-bond acceptors (Lipinski definition) is 6. The maximum absolute atomic E-state index is 12.9. The third-order valence-electron chi connectivity index (χ3n) is 7.14. The summed E-state index contributed by atoms with van der Waals surface area (Å²) in [5, 5.41) is 10.8. The third-order valence-corrected chi connectivity index (χ3v) is 7.14. The lowest BCUT2D eigenvalue weighted by atomic mass is 9.83. The lowest BCUT2D eigenvalue weighted by Gasteiger charge is -2.38. The molecule has 8 nitrogen and oxygen atoms in total. The van der Waals surface area contributed by atoms with Crippen LogP contribution in [-0.4, -0.2) is 46.2 Å². The van der Waals surface area contributed by atoms with Gasteiger partial charge in [-0.15, -0.1) is 0 Å². The largest absolute Gasteiger partial charge is 0.417 e. The summed E-state index contributed by atoms with van der Waals surface area (Å²) >= 11 is 0. The number of benzene rings is 2. The first-order valence-electron chi connectivity index (χ1n) is 12.1. The Kier molecular flexibility index (Phi) is 6.78. The van der Waals surface area contributed by atoms with Crippen LogP contribution in [0.1, 0.15) is 36.3 Å². The molecule has 1 amide bonds. The van der Waals surface area contributed by atoms with Gasteiger partial charge >= 0.3 is 12.3 Å². The molecule has 198 valence electrons. The van der Waals surface area contributed by atoms with Gasteiger partial charge < -0.3 is 14.4 Å². The molecule has 1 spiro atoms. The minimum atomic E-state index is -4.43. The average molecular weight is 527 g/mol. The lowest BCUT2D eigenvalue weighted by Crippen LogP contribution is -2.47. The Hall–Kier alpha value is -3.99. The molecule has 5 rings (SSSR count). The molecule has 38 heavy (non-hydrogen) atoms. The maximum atomic E-state index is 12.9. The van der Waals surface area contributed by atoms with Crippen molar-refractivity contribution in [3.8, 4) is 17.0 Å². The van der Waals surface area contributed by atoms with E-state index >= 15 is 0 Å². The van der Waals surface area contributed by atoms with E-state index in [1.165, 1.54) is 30.3 Å². The SMILES string of the molecule is O=C(Oc1ccc([N+](=O)[O-])cc1)N1CCC2(CC1)C[C@H](c1cccc(-c3ccc(C(F)(F)F)cn3)c1)CO2. The molecule has 0 radical (unpaired) electrons. The number of halogens is 3. The van der Waals surface area contributed by atoms with Crippen LogP contribution in [0.15, 0.2) is 66.9 Å². The number of likely N-dealkylation sites (tertiary alicyclic amines) is 1. The molecule has 11 heteroatoms. The van der Waals surface area contributed by atoms with Gasteiger partial charge in [0, 0.05) is 42.9 Å². The van der Waals surface area contributed by atoms with Crippen LogP contribution in [0.25, 0.3) is 11.3 Å². The molecule has 1 aromatic heterocycles. The van der Waals surface area contributed by atoms with Gasteiger partial charge in [-0.2, -0.15) is 13.2 Å². The van der Waals surface area contributed by atoms with Crippen LogP contribution < -0.4 is 4.74 Å². The van der Waals surface area contributed by atoms with Crippen molar-refractivity contribution < 1.29 is 32.4 Å². The van der Waals surface area contributed by atoms with E-state index in [1.807, 2.05) is 24.3 Å². The van der Waals surface area contributed by atoms with Gasteiger partial charge in [0.25, 0.3) is 5.69 Å². The highest BCUT2D eigenvalue weighted by Gasteiger charge is 2.44. The fraction of sp³-hybridized carbons (Fsp3) is 0.333. The Balaban J connectivity index is 1.18. The molecule has 3 aromatic rings. The number of aromatic nitrogens is 1. The fourth-order valence-corrected chi connectivity index (χ4v) is 4.99.